The molecule has 42 heavy (non-hydrogen) atoms. The van der Waals surface area contributed by atoms with Gasteiger partial charge in [0.1, 0.15) is 11.6 Å². The molecule has 2 aliphatic heterocycles. The number of benzene rings is 2. The van der Waals surface area contributed by atoms with E-state index in [4.69, 9.17) is 15.6 Å². The Morgan fingerprint density at radius 2 is 1.64 bits per heavy atom. The standard InChI is InChI=1S/C26H32FN3O4S.C2HF3O2/c1-35(33,34)17-25(31)29(16-18-4-2-7-22(27)12-18)10-11-30-23-8-9-24(30)15-21(14-23)19-5-3-6-20(13-19)26(28)32;3-2(4,5)1(6)7/h2-7,12-13,21,23-24H,8-11,14-17H2,1H3,(H2,28,32);(H,6,7). The molecular formula is C28H33F4N3O6S. The molecule has 3 N–H and O–H groups in total. The molecule has 2 aliphatic rings. The zero-order valence-electron chi connectivity index (χ0n) is 22.9. The van der Waals surface area contributed by atoms with Crippen LogP contribution in [0.15, 0.2) is 48.5 Å². The van der Waals surface area contributed by atoms with Crippen molar-refractivity contribution >= 4 is 27.6 Å². The Kier molecular flexibility index (Phi) is 10.7. The fraction of sp³-hybridized carbons (Fsp3) is 0.464. The highest BCUT2D eigenvalue weighted by Gasteiger charge is 2.41. The molecule has 2 fully saturated rings. The summed E-state index contributed by atoms with van der Waals surface area (Å²) >= 11 is 0. The summed E-state index contributed by atoms with van der Waals surface area (Å²) in [5.74, 6) is -4.26. The first kappa shape index (κ1) is 33.0. The summed E-state index contributed by atoms with van der Waals surface area (Å²) in [7, 11) is -3.48. The maximum atomic E-state index is 13.7. The molecule has 0 saturated carbocycles. The van der Waals surface area contributed by atoms with Crippen LogP contribution in [-0.2, 0) is 26.0 Å². The van der Waals surface area contributed by atoms with Crippen LogP contribution < -0.4 is 5.73 Å². The number of carbonyl (C=O) groups excluding carboxylic acids is 2. The van der Waals surface area contributed by atoms with Gasteiger partial charge in [-0.25, -0.2) is 17.6 Å². The summed E-state index contributed by atoms with van der Waals surface area (Å²) in [4.78, 5) is 37.3. The molecule has 0 aliphatic carbocycles. The Morgan fingerprint density at radius 3 is 2.17 bits per heavy atom. The van der Waals surface area contributed by atoms with E-state index in [-0.39, 0.29) is 6.54 Å². The number of nitrogens with zero attached hydrogens (tertiary/aromatic N) is 2. The fourth-order valence-corrected chi connectivity index (χ4v) is 6.19. The third kappa shape index (κ3) is 9.51. The molecule has 2 bridgehead atoms. The number of rotatable bonds is 9. The summed E-state index contributed by atoms with van der Waals surface area (Å²) in [5, 5.41) is 7.12. The minimum atomic E-state index is -5.08. The van der Waals surface area contributed by atoms with Gasteiger partial charge in [0.05, 0.1) is 0 Å². The van der Waals surface area contributed by atoms with E-state index in [0.717, 1.165) is 37.5 Å². The van der Waals surface area contributed by atoms with Gasteiger partial charge >= 0.3 is 12.1 Å². The molecule has 2 aromatic rings. The topological polar surface area (TPSA) is 138 Å². The van der Waals surface area contributed by atoms with Crippen molar-refractivity contribution in [1.82, 2.24) is 9.80 Å². The van der Waals surface area contributed by atoms with Gasteiger partial charge in [-0.2, -0.15) is 13.2 Å². The normalized spacial score (nSPS) is 20.4. The number of fused-ring (bicyclic) bond motifs is 2. The lowest BCUT2D eigenvalue weighted by atomic mass is 9.84. The van der Waals surface area contributed by atoms with E-state index in [1.165, 1.54) is 17.0 Å². The van der Waals surface area contributed by atoms with Gasteiger partial charge in [0, 0.05) is 43.5 Å². The zero-order chi connectivity index (χ0) is 31.2. The smallest absolute Gasteiger partial charge is 0.475 e. The Bertz CT molecular complexity index is 1390. The number of hydrogen-bond acceptors (Lipinski definition) is 6. The van der Waals surface area contributed by atoms with Crippen LogP contribution in [0.5, 0.6) is 0 Å². The number of amides is 2. The first-order valence-electron chi connectivity index (χ1n) is 13.2. The van der Waals surface area contributed by atoms with Crippen LogP contribution in [-0.4, -0.2) is 84.5 Å². The molecule has 2 heterocycles. The lowest BCUT2D eigenvalue weighted by molar-refractivity contribution is -0.192. The molecule has 2 amide bonds. The Morgan fingerprint density at radius 1 is 1.05 bits per heavy atom. The van der Waals surface area contributed by atoms with Crippen LogP contribution >= 0.6 is 0 Å². The number of primary amides is 1. The van der Waals surface area contributed by atoms with Crippen molar-refractivity contribution < 1.29 is 45.5 Å². The number of piperidine rings is 1. The number of sulfone groups is 1. The van der Waals surface area contributed by atoms with Gasteiger partial charge in [-0.05, 0) is 67.0 Å². The molecule has 0 spiro atoms. The molecule has 0 radical (unpaired) electrons. The lowest BCUT2D eigenvalue weighted by Gasteiger charge is -2.40. The van der Waals surface area contributed by atoms with Crippen LogP contribution in [0.4, 0.5) is 17.6 Å². The largest absolute Gasteiger partial charge is 0.490 e. The van der Waals surface area contributed by atoms with Crippen LogP contribution in [0, 0.1) is 5.82 Å². The van der Waals surface area contributed by atoms with E-state index >= 15 is 0 Å². The lowest BCUT2D eigenvalue weighted by Crippen LogP contribution is -2.47. The number of halogens is 4. The first-order valence-corrected chi connectivity index (χ1v) is 15.2. The van der Waals surface area contributed by atoms with Gasteiger partial charge in [0.25, 0.3) is 0 Å². The average molecular weight is 616 g/mol. The summed E-state index contributed by atoms with van der Waals surface area (Å²) in [5.41, 5.74) is 7.74. The number of carboxylic acids is 1. The second-order valence-electron chi connectivity index (χ2n) is 10.6. The van der Waals surface area contributed by atoms with Crippen molar-refractivity contribution in [2.45, 2.75) is 56.4 Å². The molecule has 2 atom stereocenters. The predicted molar refractivity (Wildman–Crippen MR) is 146 cm³/mol. The highest BCUT2D eigenvalue weighted by molar-refractivity contribution is 7.91. The number of carbonyl (C=O) groups is 3. The zero-order valence-corrected chi connectivity index (χ0v) is 23.7. The Balaban J connectivity index is 0.000000616. The van der Waals surface area contributed by atoms with Crippen molar-refractivity contribution in [3.63, 3.8) is 0 Å². The number of nitrogens with two attached hydrogens (primary N) is 1. The average Bonchev–Trinajstić information content (AvgIpc) is 3.11. The molecule has 14 heteroatoms. The van der Waals surface area contributed by atoms with E-state index in [0.29, 0.717) is 42.2 Å². The van der Waals surface area contributed by atoms with Crippen LogP contribution in [0.25, 0.3) is 0 Å². The van der Waals surface area contributed by atoms with Crippen LogP contribution in [0.3, 0.4) is 0 Å². The van der Waals surface area contributed by atoms with Gasteiger partial charge < -0.3 is 15.7 Å². The van der Waals surface area contributed by atoms with Crippen molar-refractivity contribution in [2.24, 2.45) is 5.73 Å². The Labute approximate surface area is 241 Å². The minimum absolute atomic E-state index is 0.165. The highest BCUT2D eigenvalue weighted by Crippen LogP contribution is 2.43. The molecule has 2 unspecified atom stereocenters. The van der Waals surface area contributed by atoms with Crippen molar-refractivity contribution in [2.75, 3.05) is 25.1 Å². The maximum absolute atomic E-state index is 13.7. The van der Waals surface area contributed by atoms with Crippen molar-refractivity contribution in [1.29, 1.82) is 0 Å². The summed E-state index contributed by atoms with van der Waals surface area (Å²) in [6, 6.07) is 14.3. The quantitative estimate of drug-likeness (QED) is 0.413. The minimum Gasteiger partial charge on any atom is -0.475 e. The van der Waals surface area contributed by atoms with E-state index in [1.54, 1.807) is 18.2 Å². The molecule has 230 valence electrons. The van der Waals surface area contributed by atoms with Crippen LogP contribution in [0.2, 0.25) is 0 Å². The van der Waals surface area contributed by atoms with Crippen molar-refractivity contribution in [3.05, 3.63) is 71.0 Å². The molecular weight excluding hydrogens is 582 g/mol. The molecule has 2 aromatic carbocycles. The first-order chi connectivity index (χ1) is 19.5. The molecule has 0 aromatic heterocycles. The van der Waals surface area contributed by atoms with E-state index in [2.05, 4.69) is 11.0 Å². The monoisotopic (exact) mass is 615 g/mol. The van der Waals surface area contributed by atoms with Gasteiger partial charge in [-0.1, -0.05) is 24.3 Å². The second-order valence-corrected chi connectivity index (χ2v) is 12.7. The van der Waals surface area contributed by atoms with Gasteiger partial charge in [0.15, 0.2) is 9.84 Å². The maximum Gasteiger partial charge on any atom is 0.490 e. The second kappa shape index (κ2) is 13.6. The number of carboxylic acid groups (broad SMARTS) is 1. The van der Waals surface area contributed by atoms with Gasteiger partial charge in [-0.15, -0.1) is 0 Å². The van der Waals surface area contributed by atoms with Gasteiger partial charge in [-0.3, -0.25) is 14.5 Å². The highest BCUT2D eigenvalue weighted by atomic mass is 32.2. The number of alkyl halides is 3. The van der Waals surface area contributed by atoms with E-state index in [9.17, 15) is 35.6 Å². The Hall–Kier alpha value is -3.52. The third-order valence-corrected chi connectivity index (χ3v) is 8.17. The van der Waals surface area contributed by atoms with Crippen LogP contribution in [0.1, 0.15) is 53.1 Å². The summed E-state index contributed by atoms with van der Waals surface area (Å²) < 4.78 is 69.0. The molecule has 9 nitrogen and oxygen atoms in total. The summed E-state index contributed by atoms with van der Waals surface area (Å²) in [6.07, 6.45) is 0.0129. The van der Waals surface area contributed by atoms with Gasteiger partial charge in [0.2, 0.25) is 11.8 Å². The van der Waals surface area contributed by atoms with E-state index in [1.807, 2.05) is 12.1 Å². The van der Waals surface area contributed by atoms with Crippen molar-refractivity contribution in [3.8, 4) is 0 Å². The molecule has 4 rings (SSSR count). The predicted octanol–water partition coefficient (Wildman–Crippen LogP) is 3.34. The SMILES string of the molecule is CS(=O)(=O)CC(=O)N(CCN1C2CCC1CC(c1cccc(C(N)=O)c1)C2)Cc1cccc(F)c1.O=C(O)C(F)(F)F. The number of hydrogen-bond donors (Lipinski definition) is 2. The third-order valence-electron chi connectivity index (χ3n) is 7.40. The van der Waals surface area contributed by atoms with E-state index < -0.39 is 45.4 Å². The molecule has 2 saturated heterocycles. The number of aliphatic carboxylic acids is 1. The fourth-order valence-electron chi connectivity index (χ4n) is 5.56. The summed E-state index contributed by atoms with van der Waals surface area (Å²) in [6.45, 7) is 1.17.